The van der Waals surface area contributed by atoms with E-state index in [2.05, 4.69) is 12.1 Å². The van der Waals surface area contributed by atoms with Crippen LogP contribution in [0.1, 0.15) is 11.1 Å². The van der Waals surface area contributed by atoms with E-state index in [1.54, 1.807) is 11.8 Å². The molecule has 0 aliphatic carbocycles. The maximum atomic E-state index is 6.04. The zero-order valence-electron chi connectivity index (χ0n) is 10.8. The van der Waals surface area contributed by atoms with E-state index in [4.69, 9.17) is 14.5 Å². The predicted molar refractivity (Wildman–Crippen MR) is 76.8 cm³/mol. The molecule has 102 valence electrons. The van der Waals surface area contributed by atoms with Gasteiger partial charge in [0.1, 0.15) is 0 Å². The van der Waals surface area contributed by atoms with E-state index in [1.807, 2.05) is 48.5 Å². The molecular formula is C16H14O3S. The average molecular weight is 286 g/mol. The first-order valence-corrected chi connectivity index (χ1v) is 7.62. The number of ether oxygens (including phenoxy) is 1. The van der Waals surface area contributed by atoms with Gasteiger partial charge in [0.25, 0.3) is 5.79 Å². The van der Waals surface area contributed by atoms with Gasteiger partial charge in [-0.15, -0.1) is 11.8 Å². The normalized spacial score (nSPS) is 32.2. The van der Waals surface area contributed by atoms with Crippen LogP contribution in [0.25, 0.3) is 0 Å². The summed E-state index contributed by atoms with van der Waals surface area (Å²) in [5.74, 6) is 0.0331. The van der Waals surface area contributed by atoms with Gasteiger partial charge in [-0.05, 0) is 0 Å². The molecule has 0 bridgehead atoms. The summed E-state index contributed by atoms with van der Waals surface area (Å²) in [5.41, 5.74) is 2.06. The van der Waals surface area contributed by atoms with Gasteiger partial charge in [-0.2, -0.15) is 4.89 Å². The molecular weight excluding hydrogens is 272 g/mol. The Labute approximate surface area is 121 Å². The van der Waals surface area contributed by atoms with Crippen LogP contribution in [0.4, 0.5) is 0 Å². The van der Waals surface area contributed by atoms with Gasteiger partial charge in [0.15, 0.2) is 0 Å². The van der Waals surface area contributed by atoms with Crippen molar-refractivity contribution in [3.8, 4) is 0 Å². The van der Waals surface area contributed by atoms with Gasteiger partial charge < -0.3 is 4.74 Å². The van der Waals surface area contributed by atoms with Crippen LogP contribution in [-0.2, 0) is 25.2 Å². The monoisotopic (exact) mass is 286 g/mol. The molecule has 2 fully saturated rings. The Morgan fingerprint density at radius 1 is 0.800 bits per heavy atom. The molecule has 2 heterocycles. The summed E-state index contributed by atoms with van der Waals surface area (Å²) in [4.78, 5) is 10.5. The van der Waals surface area contributed by atoms with Crippen LogP contribution in [0, 0.1) is 0 Å². The molecule has 2 aliphatic rings. The smallest absolute Gasteiger partial charge is 0.274 e. The highest BCUT2D eigenvalue weighted by Crippen LogP contribution is 2.63. The second-order valence-corrected chi connectivity index (χ2v) is 6.10. The molecule has 20 heavy (non-hydrogen) atoms. The lowest BCUT2D eigenvalue weighted by Crippen LogP contribution is -2.64. The third-order valence-corrected chi connectivity index (χ3v) is 5.06. The van der Waals surface area contributed by atoms with Gasteiger partial charge in [-0.3, -0.25) is 0 Å². The molecule has 0 radical (unpaired) electrons. The van der Waals surface area contributed by atoms with Crippen LogP contribution in [0.3, 0.4) is 0 Å². The highest BCUT2D eigenvalue weighted by molar-refractivity contribution is 8.00. The van der Waals surface area contributed by atoms with Crippen molar-refractivity contribution in [2.45, 2.75) is 10.7 Å². The van der Waals surface area contributed by atoms with Crippen molar-refractivity contribution in [1.82, 2.24) is 0 Å². The first-order chi connectivity index (χ1) is 9.87. The second kappa shape index (κ2) is 4.60. The lowest BCUT2D eigenvalue weighted by molar-refractivity contribution is -0.605. The van der Waals surface area contributed by atoms with Gasteiger partial charge in [0.05, 0.1) is 6.61 Å². The van der Waals surface area contributed by atoms with Gasteiger partial charge >= 0.3 is 0 Å². The van der Waals surface area contributed by atoms with Crippen molar-refractivity contribution in [3.63, 3.8) is 0 Å². The average Bonchev–Trinajstić information content (AvgIpc) is 2.51. The third kappa shape index (κ3) is 1.53. The molecule has 2 saturated heterocycles. The fraction of sp³-hybridized carbons (Fsp3) is 0.250. The van der Waals surface area contributed by atoms with Crippen LogP contribution >= 0.6 is 11.8 Å². The Balaban J connectivity index is 1.86. The summed E-state index contributed by atoms with van der Waals surface area (Å²) in [6.07, 6.45) is 0. The number of rotatable bonds is 2. The Hall–Kier alpha value is -1.33. The molecule has 0 spiro atoms. The van der Waals surface area contributed by atoms with Gasteiger partial charge in [0.2, 0.25) is 4.93 Å². The molecule has 0 N–H and O–H groups in total. The summed E-state index contributed by atoms with van der Waals surface area (Å²) in [6.45, 7) is 0.650. The summed E-state index contributed by atoms with van der Waals surface area (Å²) in [7, 11) is 0. The molecule has 4 rings (SSSR count). The Bertz CT molecular complexity index is 548. The van der Waals surface area contributed by atoms with Crippen molar-refractivity contribution in [2.75, 3.05) is 12.4 Å². The van der Waals surface area contributed by atoms with E-state index in [0.717, 1.165) is 16.9 Å². The molecule has 2 aromatic rings. The van der Waals surface area contributed by atoms with E-state index in [-0.39, 0.29) is 0 Å². The summed E-state index contributed by atoms with van der Waals surface area (Å²) in [6, 6.07) is 20.1. The van der Waals surface area contributed by atoms with Crippen LogP contribution in [0.2, 0.25) is 0 Å². The zero-order valence-corrected chi connectivity index (χ0v) is 11.6. The fourth-order valence-corrected chi connectivity index (χ4v) is 4.00. The highest BCUT2D eigenvalue weighted by atomic mass is 32.2. The van der Waals surface area contributed by atoms with E-state index < -0.39 is 10.7 Å². The standard InChI is InChI=1S/C16H14O3S/c1-3-7-13(8-4-1)15-16(19-18-15,20-12-11-17-15)14-9-5-2-6-10-14/h1-10H,11-12H2. The number of thioether (sulfide) groups is 1. The molecule has 3 nitrogen and oxygen atoms in total. The Morgan fingerprint density at radius 3 is 2.05 bits per heavy atom. The highest BCUT2D eigenvalue weighted by Gasteiger charge is 2.70. The number of fused-ring (bicyclic) bond motifs is 1. The molecule has 0 saturated carbocycles. The molecule has 2 aromatic carbocycles. The number of benzene rings is 2. The summed E-state index contributed by atoms with van der Waals surface area (Å²) < 4.78 is 6.04. The first-order valence-electron chi connectivity index (χ1n) is 6.63. The van der Waals surface area contributed by atoms with E-state index >= 15 is 0 Å². The maximum absolute atomic E-state index is 6.04. The Morgan fingerprint density at radius 2 is 1.45 bits per heavy atom. The lowest BCUT2D eigenvalue weighted by Gasteiger charge is -2.57. The van der Waals surface area contributed by atoms with Crippen LogP contribution < -0.4 is 0 Å². The van der Waals surface area contributed by atoms with Crippen molar-refractivity contribution in [1.29, 1.82) is 0 Å². The minimum absolute atomic E-state index is 0.617. The van der Waals surface area contributed by atoms with Crippen LogP contribution in [-0.4, -0.2) is 12.4 Å². The minimum Gasteiger partial charge on any atom is -0.340 e. The van der Waals surface area contributed by atoms with Crippen LogP contribution in [0.5, 0.6) is 0 Å². The van der Waals surface area contributed by atoms with Gasteiger partial charge in [-0.25, -0.2) is 4.89 Å². The van der Waals surface area contributed by atoms with Gasteiger partial charge in [0, 0.05) is 16.9 Å². The van der Waals surface area contributed by atoms with Gasteiger partial charge in [-0.1, -0.05) is 60.7 Å². The SMILES string of the molecule is c1ccc(C23OCCSC2(c2ccccc2)OO3)cc1. The molecule has 2 unspecified atom stereocenters. The van der Waals surface area contributed by atoms with Crippen LogP contribution in [0.15, 0.2) is 60.7 Å². The zero-order chi connectivity index (χ0) is 13.5. The largest absolute Gasteiger partial charge is 0.340 e. The van der Waals surface area contributed by atoms with Crippen molar-refractivity contribution < 1.29 is 14.5 Å². The summed E-state index contributed by atoms with van der Waals surface area (Å²) in [5, 5.41) is 0. The van der Waals surface area contributed by atoms with E-state index in [0.29, 0.717) is 6.61 Å². The number of hydrogen-bond donors (Lipinski definition) is 0. The minimum atomic E-state index is -0.849. The predicted octanol–water partition coefficient (Wildman–Crippen LogP) is 3.42. The fourth-order valence-electron chi connectivity index (χ4n) is 2.76. The van der Waals surface area contributed by atoms with Crippen molar-refractivity contribution in [2.24, 2.45) is 0 Å². The van der Waals surface area contributed by atoms with Crippen molar-refractivity contribution in [3.05, 3.63) is 71.8 Å². The second-order valence-electron chi connectivity index (χ2n) is 4.83. The van der Waals surface area contributed by atoms with E-state index in [9.17, 15) is 0 Å². The van der Waals surface area contributed by atoms with Crippen molar-refractivity contribution >= 4 is 11.8 Å². The topological polar surface area (TPSA) is 27.7 Å². The third-order valence-electron chi connectivity index (χ3n) is 3.71. The quantitative estimate of drug-likeness (QED) is 0.791. The maximum Gasteiger partial charge on any atom is 0.274 e. The number of hydrogen-bond acceptors (Lipinski definition) is 4. The lowest BCUT2D eigenvalue weighted by atomic mass is 9.92. The molecule has 4 heteroatoms. The molecule has 0 aromatic heterocycles. The summed E-state index contributed by atoms with van der Waals surface area (Å²) >= 11 is 1.73. The molecule has 2 aliphatic heterocycles. The molecule has 0 amide bonds. The Kier molecular flexibility index (Phi) is 2.86. The van der Waals surface area contributed by atoms with E-state index in [1.165, 1.54) is 0 Å². The first kappa shape index (κ1) is 12.4. The molecule has 2 atom stereocenters.